The van der Waals surface area contributed by atoms with E-state index in [1.54, 1.807) is 0 Å². The van der Waals surface area contributed by atoms with E-state index in [4.69, 9.17) is 4.74 Å². The lowest BCUT2D eigenvalue weighted by atomic mass is 9.33. The molecule has 0 N–H and O–H groups in total. The van der Waals surface area contributed by atoms with E-state index in [1.165, 1.54) is 82.8 Å². The zero-order valence-corrected chi connectivity index (χ0v) is 38.5. The van der Waals surface area contributed by atoms with Crippen LogP contribution in [0.2, 0.25) is 0 Å². The van der Waals surface area contributed by atoms with Crippen molar-refractivity contribution in [1.29, 1.82) is 0 Å². The molecule has 0 radical (unpaired) electrons. The van der Waals surface area contributed by atoms with Crippen molar-refractivity contribution < 1.29 is 4.74 Å². The topological polar surface area (TPSA) is 17.4 Å². The number of aromatic nitrogens is 1. The Morgan fingerprint density at radius 2 is 0.922 bits per heavy atom. The van der Waals surface area contributed by atoms with E-state index in [-0.39, 0.29) is 23.0 Å². The van der Waals surface area contributed by atoms with Crippen LogP contribution in [-0.4, -0.2) is 11.3 Å². The van der Waals surface area contributed by atoms with Gasteiger partial charge in [0.05, 0.1) is 16.7 Å². The third kappa shape index (κ3) is 6.40. The number of benzene rings is 8. The standard InChI is InChI=1S/C60H55BN2O/c1-58(2,3)40-26-30-43(31-27-40)62-51-32-28-41(59(4,5)6)34-49(51)61-50-35-42(60(7,8)9)29-33-53(50)64-54-37-44(36-52(62)55(54)61)63-56-45(38-18-12-10-13-19-38)22-16-24-47(56)48-25-17-23-46(57(48)63)39-20-14-11-15-21-39/h10-37H,1-9H3. The third-order valence-electron chi connectivity index (χ3n) is 13.7. The number of ether oxygens (including phenoxy) is 1. The van der Waals surface area contributed by atoms with E-state index < -0.39 is 0 Å². The molecule has 1 aromatic heterocycles. The fourth-order valence-corrected chi connectivity index (χ4v) is 10.3. The largest absolute Gasteiger partial charge is 0.458 e. The smallest absolute Gasteiger partial charge is 0.256 e. The first-order valence-electron chi connectivity index (χ1n) is 22.9. The molecule has 4 heteroatoms. The number of hydrogen-bond acceptors (Lipinski definition) is 2. The molecule has 0 amide bonds. The maximum Gasteiger partial charge on any atom is 0.256 e. The van der Waals surface area contributed by atoms with Crippen molar-refractivity contribution in [2.75, 3.05) is 4.90 Å². The van der Waals surface area contributed by atoms with Crippen LogP contribution in [0.25, 0.3) is 49.7 Å². The van der Waals surface area contributed by atoms with Crippen LogP contribution in [-0.2, 0) is 16.2 Å². The zero-order chi connectivity index (χ0) is 44.3. The Hall–Kier alpha value is -6.78. The van der Waals surface area contributed by atoms with E-state index >= 15 is 0 Å². The van der Waals surface area contributed by atoms with Crippen LogP contribution < -0.4 is 26.0 Å². The highest BCUT2D eigenvalue weighted by atomic mass is 16.5. The summed E-state index contributed by atoms with van der Waals surface area (Å²) >= 11 is 0. The molecule has 11 rings (SSSR count). The molecule has 2 aliphatic rings. The SMILES string of the molecule is CC(C)(C)c1ccc(N2c3ccc(C(C)(C)C)cc3B3c4cc(C(C)(C)C)ccc4Oc4cc(-n5c6c(-c7ccccc7)cccc6c6cccc(-c7ccccc7)c65)cc2c43)cc1. The Morgan fingerprint density at radius 3 is 1.47 bits per heavy atom. The highest BCUT2D eigenvalue weighted by molar-refractivity contribution is 6.99. The fourth-order valence-electron chi connectivity index (χ4n) is 10.3. The van der Waals surface area contributed by atoms with Gasteiger partial charge >= 0.3 is 0 Å². The van der Waals surface area contributed by atoms with Gasteiger partial charge in [-0.1, -0.05) is 196 Å². The van der Waals surface area contributed by atoms with Crippen molar-refractivity contribution in [3.63, 3.8) is 0 Å². The normalized spacial score (nSPS) is 13.5. The molecule has 0 saturated heterocycles. The summed E-state index contributed by atoms with van der Waals surface area (Å²) in [6, 6.07) is 63.4. The molecule has 3 nitrogen and oxygen atoms in total. The number of anilines is 3. The fraction of sp³-hybridized carbons (Fsp3) is 0.200. The predicted octanol–water partition coefficient (Wildman–Crippen LogP) is 14.4. The number of rotatable bonds is 4. The minimum Gasteiger partial charge on any atom is -0.458 e. The molecule has 9 aromatic rings. The second-order valence-electron chi connectivity index (χ2n) is 21.0. The molecule has 0 bridgehead atoms. The summed E-state index contributed by atoms with van der Waals surface area (Å²) in [6.07, 6.45) is 0. The Kier molecular flexibility index (Phi) is 8.99. The summed E-state index contributed by atoms with van der Waals surface area (Å²) in [5, 5.41) is 2.43. The second-order valence-corrected chi connectivity index (χ2v) is 21.0. The molecule has 0 saturated carbocycles. The van der Waals surface area contributed by atoms with Gasteiger partial charge in [-0.2, -0.15) is 0 Å². The van der Waals surface area contributed by atoms with Gasteiger partial charge in [0.15, 0.2) is 0 Å². The third-order valence-corrected chi connectivity index (χ3v) is 13.7. The lowest BCUT2D eigenvalue weighted by Gasteiger charge is -2.41. The molecular weight excluding hydrogens is 775 g/mol. The van der Waals surface area contributed by atoms with Crippen molar-refractivity contribution in [3.05, 3.63) is 187 Å². The van der Waals surface area contributed by atoms with Gasteiger partial charge in [-0.25, -0.2) is 0 Å². The Morgan fingerprint density at radius 1 is 0.406 bits per heavy atom. The van der Waals surface area contributed by atoms with Crippen LogP contribution in [0.15, 0.2) is 170 Å². The van der Waals surface area contributed by atoms with Crippen LogP contribution >= 0.6 is 0 Å². The molecule has 8 aromatic carbocycles. The highest BCUT2D eigenvalue weighted by Gasteiger charge is 2.43. The van der Waals surface area contributed by atoms with Gasteiger partial charge in [-0.3, -0.25) is 0 Å². The van der Waals surface area contributed by atoms with Crippen LogP contribution in [0.1, 0.15) is 79.0 Å². The van der Waals surface area contributed by atoms with Gasteiger partial charge < -0.3 is 14.2 Å². The molecule has 3 heterocycles. The first kappa shape index (κ1) is 40.0. The van der Waals surface area contributed by atoms with Crippen molar-refractivity contribution in [1.82, 2.24) is 4.57 Å². The van der Waals surface area contributed by atoms with Gasteiger partial charge in [0.2, 0.25) is 0 Å². The Balaban J connectivity index is 1.28. The minimum atomic E-state index is -0.0367. The Labute approximate surface area is 379 Å². The van der Waals surface area contributed by atoms with Crippen molar-refractivity contribution >= 4 is 62.0 Å². The first-order chi connectivity index (χ1) is 30.6. The van der Waals surface area contributed by atoms with Gasteiger partial charge in [0.25, 0.3) is 6.71 Å². The van der Waals surface area contributed by atoms with Crippen LogP contribution in [0.4, 0.5) is 17.1 Å². The van der Waals surface area contributed by atoms with Crippen molar-refractivity contribution in [2.45, 2.75) is 78.6 Å². The van der Waals surface area contributed by atoms with E-state index in [0.29, 0.717) is 0 Å². The minimum absolute atomic E-state index is 0.0237. The highest BCUT2D eigenvalue weighted by Crippen LogP contribution is 2.47. The van der Waals surface area contributed by atoms with E-state index in [2.05, 4.69) is 242 Å². The van der Waals surface area contributed by atoms with E-state index in [1.807, 2.05) is 0 Å². The average molecular weight is 831 g/mol. The quantitative estimate of drug-likeness (QED) is 0.164. The van der Waals surface area contributed by atoms with Crippen molar-refractivity contribution in [3.8, 4) is 39.4 Å². The van der Waals surface area contributed by atoms with Gasteiger partial charge in [-0.05, 0) is 90.8 Å². The molecule has 0 atom stereocenters. The summed E-state index contributed by atoms with van der Waals surface area (Å²) in [5.74, 6) is 1.81. The summed E-state index contributed by atoms with van der Waals surface area (Å²) in [6.45, 7) is 20.7. The lowest BCUT2D eigenvalue weighted by Crippen LogP contribution is -2.60. The lowest BCUT2D eigenvalue weighted by molar-refractivity contribution is 0.486. The molecule has 64 heavy (non-hydrogen) atoms. The van der Waals surface area contributed by atoms with Crippen LogP contribution in [0.5, 0.6) is 11.5 Å². The van der Waals surface area contributed by atoms with E-state index in [9.17, 15) is 0 Å². The monoisotopic (exact) mass is 830 g/mol. The summed E-state index contributed by atoms with van der Waals surface area (Å²) in [7, 11) is 0. The first-order valence-corrected chi connectivity index (χ1v) is 22.9. The molecule has 0 spiro atoms. The summed E-state index contributed by atoms with van der Waals surface area (Å²) in [5.41, 5.74) is 19.2. The maximum atomic E-state index is 7.31. The number of fused-ring (bicyclic) bond motifs is 7. The predicted molar refractivity (Wildman–Crippen MR) is 274 cm³/mol. The molecule has 0 aliphatic carbocycles. The van der Waals surface area contributed by atoms with Crippen molar-refractivity contribution in [2.24, 2.45) is 0 Å². The number of hydrogen-bond donors (Lipinski definition) is 0. The molecular formula is C60H55BN2O. The number of para-hydroxylation sites is 2. The second kappa shape index (κ2) is 14.4. The summed E-state index contributed by atoms with van der Waals surface area (Å²) in [4.78, 5) is 2.51. The molecule has 0 unspecified atom stereocenters. The van der Waals surface area contributed by atoms with Gasteiger partial charge in [0.1, 0.15) is 11.5 Å². The maximum absolute atomic E-state index is 7.31. The van der Waals surface area contributed by atoms with Crippen LogP contribution in [0.3, 0.4) is 0 Å². The van der Waals surface area contributed by atoms with Gasteiger partial charge in [0, 0.05) is 45.0 Å². The molecule has 2 aliphatic heterocycles. The van der Waals surface area contributed by atoms with Crippen LogP contribution in [0, 0.1) is 0 Å². The number of nitrogens with zero attached hydrogens (tertiary/aromatic N) is 2. The summed E-state index contributed by atoms with van der Waals surface area (Å²) < 4.78 is 9.83. The average Bonchev–Trinajstić information content (AvgIpc) is 3.63. The Bertz CT molecular complexity index is 3190. The molecule has 314 valence electrons. The van der Waals surface area contributed by atoms with Gasteiger partial charge in [-0.15, -0.1) is 0 Å². The zero-order valence-electron chi connectivity index (χ0n) is 38.5. The van der Waals surface area contributed by atoms with E-state index in [0.717, 1.165) is 28.6 Å². The molecule has 0 fully saturated rings.